The molecule has 1 unspecified atom stereocenters. The zero-order chi connectivity index (χ0) is 14.0. The molecule has 0 saturated heterocycles. The molecule has 1 atom stereocenters. The van der Waals surface area contributed by atoms with Gasteiger partial charge in [-0.15, -0.1) is 11.3 Å². The zero-order valence-electron chi connectivity index (χ0n) is 11.2. The smallest absolute Gasteiger partial charge is 0.122 e. The predicted octanol–water partition coefficient (Wildman–Crippen LogP) is 3.58. The fourth-order valence-electron chi connectivity index (χ4n) is 2.15. The summed E-state index contributed by atoms with van der Waals surface area (Å²) in [7, 11) is 1.68. The molecule has 1 aromatic heterocycles. The summed E-state index contributed by atoms with van der Waals surface area (Å²) in [5.74, 6) is 6.61. The molecule has 2 aromatic rings. The monoisotopic (exact) mass is 296 g/mol. The van der Waals surface area contributed by atoms with Gasteiger partial charge < -0.3 is 4.74 Å². The first-order chi connectivity index (χ1) is 9.06. The van der Waals surface area contributed by atoms with Crippen LogP contribution in [0.1, 0.15) is 27.6 Å². The first-order valence-corrected chi connectivity index (χ1v) is 7.12. The predicted molar refractivity (Wildman–Crippen MR) is 81.0 cm³/mol. The molecule has 0 radical (unpaired) electrons. The molecule has 2 rings (SSSR count). The molecule has 19 heavy (non-hydrogen) atoms. The van der Waals surface area contributed by atoms with Crippen LogP contribution in [0.4, 0.5) is 0 Å². The SMILES string of the molecule is COc1cc(C)c(C(NN)c2ccc(Cl)s2)cc1C. The fourth-order valence-corrected chi connectivity index (χ4v) is 3.29. The van der Waals surface area contributed by atoms with Gasteiger partial charge in [0.2, 0.25) is 0 Å². The van der Waals surface area contributed by atoms with Gasteiger partial charge in [0, 0.05) is 4.88 Å². The lowest BCUT2D eigenvalue weighted by molar-refractivity contribution is 0.411. The lowest BCUT2D eigenvalue weighted by Gasteiger charge is -2.19. The normalized spacial score (nSPS) is 12.5. The first-order valence-electron chi connectivity index (χ1n) is 5.93. The highest BCUT2D eigenvalue weighted by Gasteiger charge is 2.18. The fraction of sp³-hybridized carbons (Fsp3) is 0.286. The third kappa shape index (κ3) is 2.92. The highest BCUT2D eigenvalue weighted by Crippen LogP contribution is 2.34. The van der Waals surface area contributed by atoms with Crippen LogP contribution in [0, 0.1) is 13.8 Å². The molecular weight excluding hydrogens is 280 g/mol. The summed E-state index contributed by atoms with van der Waals surface area (Å²) in [5.41, 5.74) is 6.23. The number of methoxy groups -OCH3 is 1. The Morgan fingerprint density at radius 3 is 2.53 bits per heavy atom. The quantitative estimate of drug-likeness (QED) is 0.670. The largest absolute Gasteiger partial charge is 0.496 e. The van der Waals surface area contributed by atoms with E-state index in [4.69, 9.17) is 22.2 Å². The average molecular weight is 297 g/mol. The van der Waals surface area contributed by atoms with Crippen LogP contribution < -0.4 is 16.0 Å². The second-order valence-corrected chi connectivity index (χ2v) is 6.17. The molecule has 3 nitrogen and oxygen atoms in total. The van der Waals surface area contributed by atoms with Crippen LogP contribution >= 0.6 is 22.9 Å². The van der Waals surface area contributed by atoms with E-state index in [1.807, 2.05) is 25.1 Å². The highest BCUT2D eigenvalue weighted by molar-refractivity contribution is 7.16. The number of benzene rings is 1. The molecule has 0 aliphatic rings. The number of ether oxygens (including phenoxy) is 1. The molecule has 102 valence electrons. The maximum atomic E-state index is 6.00. The topological polar surface area (TPSA) is 47.3 Å². The van der Waals surface area contributed by atoms with Crippen molar-refractivity contribution in [1.82, 2.24) is 5.43 Å². The molecular formula is C14H17ClN2OS. The Morgan fingerprint density at radius 1 is 1.26 bits per heavy atom. The van der Waals surface area contributed by atoms with E-state index in [9.17, 15) is 0 Å². The van der Waals surface area contributed by atoms with Crippen LogP contribution in [0.3, 0.4) is 0 Å². The van der Waals surface area contributed by atoms with Crippen LogP contribution in [0.15, 0.2) is 24.3 Å². The van der Waals surface area contributed by atoms with Crippen molar-refractivity contribution in [2.75, 3.05) is 7.11 Å². The molecule has 0 fully saturated rings. The standard InChI is InChI=1S/C14H17ClN2OS/c1-8-7-11(18-3)9(2)6-10(8)14(17-16)12-4-5-13(15)19-12/h4-7,14,17H,16H2,1-3H3. The maximum Gasteiger partial charge on any atom is 0.122 e. The average Bonchev–Trinajstić information content (AvgIpc) is 2.80. The van der Waals surface area contributed by atoms with Crippen molar-refractivity contribution >= 4 is 22.9 Å². The Hall–Kier alpha value is -1.07. The Bertz CT molecular complexity index is 583. The maximum absolute atomic E-state index is 6.00. The summed E-state index contributed by atoms with van der Waals surface area (Å²) in [6.45, 7) is 4.08. The van der Waals surface area contributed by atoms with Crippen molar-refractivity contribution in [3.8, 4) is 5.75 Å². The number of hydrogen-bond acceptors (Lipinski definition) is 4. The molecule has 3 N–H and O–H groups in total. The lowest BCUT2D eigenvalue weighted by Crippen LogP contribution is -2.28. The van der Waals surface area contributed by atoms with Gasteiger partial charge in [0.25, 0.3) is 0 Å². The summed E-state index contributed by atoms with van der Waals surface area (Å²) in [6.07, 6.45) is 0. The number of hydrazine groups is 1. The number of thiophene rings is 1. The van der Waals surface area contributed by atoms with E-state index in [0.29, 0.717) is 0 Å². The Balaban J connectivity index is 2.47. The third-order valence-corrected chi connectivity index (χ3v) is 4.44. The van der Waals surface area contributed by atoms with E-state index >= 15 is 0 Å². The molecule has 0 amide bonds. The van der Waals surface area contributed by atoms with Crippen molar-refractivity contribution in [1.29, 1.82) is 0 Å². The van der Waals surface area contributed by atoms with Crippen LogP contribution in [0.25, 0.3) is 0 Å². The number of nitrogens with two attached hydrogens (primary N) is 1. The minimum Gasteiger partial charge on any atom is -0.496 e. The number of nitrogens with one attached hydrogen (secondary N) is 1. The number of halogens is 1. The molecule has 1 heterocycles. The highest BCUT2D eigenvalue weighted by atomic mass is 35.5. The lowest BCUT2D eigenvalue weighted by atomic mass is 9.97. The third-order valence-electron chi connectivity index (χ3n) is 3.14. The van der Waals surface area contributed by atoms with E-state index in [1.54, 1.807) is 7.11 Å². The molecule has 0 saturated carbocycles. The van der Waals surface area contributed by atoms with Crippen molar-refractivity contribution < 1.29 is 4.74 Å². The molecule has 0 aliphatic carbocycles. The second-order valence-electron chi connectivity index (χ2n) is 4.42. The van der Waals surface area contributed by atoms with Gasteiger partial charge in [-0.3, -0.25) is 5.84 Å². The van der Waals surface area contributed by atoms with Crippen molar-refractivity contribution in [3.63, 3.8) is 0 Å². The van der Waals surface area contributed by atoms with Crippen LogP contribution in [0.2, 0.25) is 4.34 Å². The zero-order valence-corrected chi connectivity index (χ0v) is 12.7. The summed E-state index contributed by atoms with van der Waals surface area (Å²) < 4.78 is 6.10. The van der Waals surface area contributed by atoms with Gasteiger partial charge in [0.15, 0.2) is 0 Å². The van der Waals surface area contributed by atoms with E-state index in [-0.39, 0.29) is 6.04 Å². The van der Waals surface area contributed by atoms with Gasteiger partial charge in [0.1, 0.15) is 5.75 Å². The summed E-state index contributed by atoms with van der Waals surface area (Å²) in [5, 5.41) is 0. The Kier molecular flexibility index (Phi) is 4.47. The summed E-state index contributed by atoms with van der Waals surface area (Å²) in [6, 6.07) is 7.96. The number of aryl methyl sites for hydroxylation is 2. The van der Waals surface area contributed by atoms with Gasteiger partial charge in [-0.1, -0.05) is 17.7 Å². The van der Waals surface area contributed by atoms with Crippen LogP contribution in [-0.2, 0) is 0 Å². The van der Waals surface area contributed by atoms with Crippen LogP contribution in [-0.4, -0.2) is 7.11 Å². The molecule has 5 heteroatoms. The van der Waals surface area contributed by atoms with E-state index < -0.39 is 0 Å². The number of hydrogen-bond donors (Lipinski definition) is 2. The van der Waals surface area contributed by atoms with Crippen molar-refractivity contribution in [2.24, 2.45) is 5.84 Å². The molecule has 0 spiro atoms. The van der Waals surface area contributed by atoms with Gasteiger partial charge >= 0.3 is 0 Å². The summed E-state index contributed by atoms with van der Waals surface area (Å²) in [4.78, 5) is 1.10. The molecule has 1 aromatic carbocycles. The first kappa shape index (κ1) is 14.3. The Labute approximate surface area is 122 Å². The minimum atomic E-state index is -0.0536. The van der Waals surface area contributed by atoms with Gasteiger partial charge in [-0.25, -0.2) is 5.43 Å². The van der Waals surface area contributed by atoms with E-state index in [2.05, 4.69) is 18.4 Å². The number of rotatable bonds is 4. The minimum absolute atomic E-state index is 0.0536. The molecule has 0 bridgehead atoms. The van der Waals surface area contributed by atoms with Gasteiger partial charge in [-0.05, 0) is 48.7 Å². The van der Waals surface area contributed by atoms with Crippen LogP contribution in [0.5, 0.6) is 5.75 Å². The molecule has 0 aliphatic heterocycles. The second kappa shape index (κ2) is 5.92. The van der Waals surface area contributed by atoms with Gasteiger partial charge in [0.05, 0.1) is 17.5 Å². The van der Waals surface area contributed by atoms with Crippen molar-refractivity contribution in [3.05, 3.63) is 50.2 Å². The van der Waals surface area contributed by atoms with E-state index in [1.165, 1.54) is 11.3 Å². The van der Waals surface area contributed by atoms with Crippen molar-refractivity contribution in [2.45, 2.75) is 19.9 Å². The van der Waals surface area contributed by atoms with E-state index in [0.717, 1.165) is 31.7 Å². The summed E-state index contributed by atoms with van der Waals surface area (Å²) >= 11 is 7.53. The Morgan fingerprint density at radius 2 is 2.00 bits per heavy atom. The van der Waals surface area contributed by atoms with Gasteiger partial charge in [-0.2, -0.15) is 0 Å².